The number of carbonyl (C=O) groups excluding carboxylic acids is 1. The maximum absolute atomic E-state index is 12.2. The van der Waals surface area contributed by atoms with Crippen molar-refractivity contribution in [2.45, 2.75) is 26.2 Å². The highest BCUT2D eigenvalue weighted by Gasteiger charge is 2.14. The number of benzene rings is 2. The van der Waals surface area contributed by atoms with Gasteiger partial charge in [-0.1, -0.05) is 75.4 Å². The van der Waals surface area contributed by atoms with Crippen LogP contribution in [0.4, 0.5) is 0 Å². The summed E-state index contributed by atoms with van der Waals surface area (Å²) in [7, 11) is 1.00. The van der Waals surface area contributed by atoms with Gasteiger partial charge in [0.2, 0.25) is 0 Å². The molecule has 0 aliphatic heterocycles. The van der Waals surface area contributed by atoms with Crippen LogP contribution in [-0.4, -0.2) is 23.1 Å². The van der Waals surface area contributed by atoms with Crippen molar-refractivity contribution in [3.05, 3.63) is 77.4 Å². The Kier molecular flexibility index (Phi) is 6.73. The zero-order valence-corrected chi connectivity index (χ0v) is 14.1. The first kappa shape index (κ1) is 18.7. The standard InChI is InChI=1S/C19H20O2.CH4O/c1-19(2,3)16-11-9-15(10-12-16)18(21)13-17(20)14-7-5-4-6-8-14;1-2/h4-13,20H,1-3H3;2H,1H3/b17-13-;. The van der Waals surface area contributed by atoms with Gasteiger partial charge in [0.15, 0.2) is 5.78 Å². The average molecular weight is 312 g/mol. The molecule has 0 radical (unpaired) electrons. The van der Waals surface area contributed by atoms with Crippen LogP contribution >= 0.6 is 0 Å². The van der Waals surface area contributed by atoms with Crippen LogP contribution < -0.4 is 0 Å². The fourth-order valence-corrected chi connectivity index (χ4v) is 2.03. The van der Waals surface area contributed by atoms with Crippen LogP contribution in [0, 0.1) is 0 Å². The van der Waals surface area contributed by atoms with Gasteiger partial charge in [-0.05, 0) is 11.0 Å². The summed E-state index contributed by atoms with van der Waals surface area (Å²) in [6, 6.07) is 16.6. The second-order valence-corrected chi connectivity index (χ2v) is 6.09. The molecular formula is C20H24O3. The van der Waals surface area contributed by atoms with Crippen LogP contribution in [0.2, 0.25) is 0 Å². The second kappa shape index (κ2) is 8.30. The van der Waals surface area contributed by atoms with Crippen molar-refractivity contribution in [3.63, 3.8) is 0 Å². The fraction of sp³-hybridized carbons (Fsp3) is 0.250. The number of ketones is 1. The third kappa shape index (κ3) is 5.38. The molecule has 0 fully saturated rings. The van der Waals surface area contributed by atoms with Gasteiger partial charge in [0.1, 0.15) is 5.76 Å². The van der Waals surface area contributed by atoms with E-state index in [0.717, 1.165) is 7.11 Å². The summed E-state index contributed by atoms with van der Waals surface area (Å²) < 4.78 is 0. The summed E-state index contributed by atoms with van der Waals surface area (Å²) in [6.07, 6.45) is 1.27. The first-order valence-corrected chi connectivity index (χ1v) is 7.43. The van der Waals surface area contributed by atoms with Crippen molar-refractivity contribution in [1.29, 1.82) is 0 Å². The summed E-state index contributed by atoms with van der Waals surface area (Å²) in [5, 5.41) is 17.0. The molecule has 122 valence electrons. The van der Waals surface area contributed by atoms with Crippen LogP contribution in [-0.2, 0) is 5.41 Å². The molecule has 0 saturated carbocycles. The minimum atomic E-state index is -0.197. The maximum atomic E-state index is 12.2. The summed E-state index contributed by atoms with van der Waals surface area (Å²) in [5.74, 6) is -0.211. The van der Waals surface area contributed by atoms with Crippen molar-refractivity contribution >= 4 is 11.5 Å². The highest BCUT2D eigenvalue weighted by molar-refractivity contribution is 6.07. The molecule has 0 spiro atoms. The fourth-order valence-electron chi connectivity index (χ4n) is 2.03. The van der Waals surface area contributed by atoms with Gasteiger partial charge in [-0.3, -0.25) is 4.79 Å². The molecule has 23 heavy (non-hydrogen) atoms. The molecule has 0 heterocycles. The number of hydrogen-bond donors (Lipinski definition) is 2. The Labute approximate surface area is 137 Å². The molecule has 2 aromatic carbocycles. The molecule has 0 atom stereocenters. The topological polar surface area (TPSA) is 57.5 Å². The summed E-state index contributed by atoms with van der Waals surface area (Å²) in [4.78, 5) is 12.2. The summed E-state index contributed by atoms with van der Waals surface area (Å²) in [6.45, 7) is 6.39. The summed E-state index contributed by atoms with van der Waals surface area (Å²) in [5.41, 5.74) is 2.45. The number of rotatable bonds is 3. The van der Waals surface area contributed by atoms with Crippen molar-refractivity contribution < 1.29 is 15.0 Å². The third-order valence-electron chi connectivity index (χ3n) is 3.37. The lowest BCUT2D eigenvalue weighted by Crippen LogP contribution is -2.11. The van der Waals surface area contributed by atoms with Gasteiger partial charge in [-0.2, -0.15) is 0 Å². The van der Waals surface area contributed by atoms with E-state index < -0.39 is 0 Å². The molecule has 3 nitrogen and oxygen atoms in total. The van der Waals surface area contributed by atoms with Gasteiger partial charge in [0, 0.05) is 24.3 Å². The van der Waals surface area contributed by atoms with Gasteiger partial charge in [0.05, 0.1) is 0 Å². The molecule has 0 saturated heterocycles. The van der Waals surface area contributed by atoms with Gasteiger partial charge in [-0.15, -0.1) is 0 Å². The quantitative estimate of drug-likeness (QED) is 0.502. The number of aliphatic hydroxyl groups excluding tert-OH is 2. The second-order valence-electron chi connectivity index (χ2n) is 6.09. The number of allylic oxidation sites excluding steroid dienone is 1. The van der Waals surface area contributed by atoms with Crippen molar-refractivity contribution in [2.75, 3.05) is 7.11 Å². The molecule has 3 heteroatoms. The Bertz CT molecular complexity index is 648. The SMILES string of the molecule is CC(C)(C)c1ccc(C(=O)/C=C(\O)c2ccccc2)cc1.CO. The zero-order valence-electron chi connectivity index (χ0n) is 14.1. The van der Waals surface area contributed by atoms with Gasteiger partial charge in [0.25, 0.3) is 0 Å². The average Bonchev–Trinajstić information content (AvgIpc) is 2.56. The lowest BCUT2D eigenvalue weighted by molar-refractivity contribution is 0.104. The highest BCUT2D eigenvalue weighted by Crippen LogP contribution is 2.22. The predicted molar refractivity (Wildman–Crippen MR) is 94.7 cm³/mol. The van der Waals surface area contributed by atoms with E-state index in [4.69, 9.17) is 5.11 Å². The Morgan fingerprint density at radius 2 is 1.39 bits per heavy atom. The Balaban J connectivity index is 0.00000127. The Morgan fingerprint density at radius 1 is 0.870 bits per heavy atom. The number of carbonyl (C=O) groups is 1. The van der Waals surface area contributed by atoms with Gasteiger partial charge < -0.3 is 10.2 Å². The van der Waals surface area contributed by atoms with E-state index in [2.05, 4.69) is 20.8 Å². The molecular weight excluding hydrogens is 288 g/mol. The van der Waals surface area contributed by atoms with Gasteiger partial charge in [-0.25, -0.2) is 0 Å². The molecule has 0 bridgehead atoms. The normalized spacial score (nSPS) is 11.4. The van der Waals surface area contributed by atoms with E-state index in [1.165, 1.54) is 11.6 Å². The van der Waals surface area contributed by atoms with Crippen molar-refractivity contribution in [1.82, 2.24) is 0 Å². The maximum Gasteiger partial charge on any atom is 0.189 e. The molecule has 0 amide bonds. The van der Waals surface area contributed by atoms with E-state index in [9.17, 15) is 9.90 Å². The Hall–Kier alpha value is -2.39. The van der Waals surface area contributed by atoms with Crippen LogP contribution in [0.3, 0.4) is 0 Å². The third-order valence-corrected chi connectivity index (χ3v) is 3.37. The number of hydrogen-bond acceptors (Lipinski definition) is 3. The molecule has 0 aliphatic carbocycles. The smallest absolute Gasteiger partial charge is 0.189 e. The predicted octanol–water partition coefficient (Wildman–Crippen LogP) is 4.37. The Morgan fingerprint density at radius 3 is 1.87 bits per heavy atom. The lowest BCUT2D eigenvalue weighted by atomic mass is 9.86. The van der Waals surface area contributed by atoms with E-state index in [-0.39, 0.29) is 17.0 Å². The van der Waals surface area contributed by atoms with E-state index >= 15 is 0 Å². The van der Waals surface area contributed by atoms with Crippen LogP contribution in [0.1, 0.15) is 42.3 Å². The summed E-state index contributed by atoms with van der Waals surface area (Å²) >= 11 is 0. The molecule has 2 aromatic rings. The number of aliphatic hydroxyl groups is 2. The molecule has 0 aromatic heterocycles. The largest absolute Gasteiger partial charge is 0.507 e. The first-order valence-electron chi connectivity index (χ1n) is 7.43. The highest BCUT2D eigenvalue weighted by atomic mass is 16.3. The van der Waals surface area contributed by atoms with Crippen LogP contribution in [0.5, 0.6) is 0 Å². The molecule has 0 unspecified atom stereocenters. The molecule has 2 N–H and O–H groups in total. The minimum absolute atomic E-state index is 0.0134. The van der Waals surface area contributed by atoms with E-state index in [1.54, 1.807) is 24.3 Å². The van der Waals surface area contributed by atoms with E-state index in [0.29, 0.717) is 11.1 Å². The monoisotopic (exact) mass is 312 g/mol. The first-order chi connectivity index (χ1) is 10.9. The lowest BCUT2D eigenvalue weighted by Gasteiger charge is -2.18. The molecule has 2 rings (SSSR count). The van der Waals surface area contributed by atoms with Crippen molar-refractivity contribution in [3.8, 4) is 0 Å². The zero-order chi connectivity index (χ0) is 17.5. The van der Waals surface area contributed by atoms with Crippen molar-refractivity contribution in [2.24, 2.45) is 0 Å². The van der Waals surface area contributed by atoms with E-state index in [1.807, 2.05) is 30.3 Å². The molecule has 0 aliphatic rings. The van der Waals surface area contributed by atoms with Gasteiger partial charge >= 0.3 is 0 Å². The minimum Gasteiger partial charge on any atom is -0.507 e. The van der Waals surface area contributed by atoms with Crippen LogP contribution in [0.15, 0.2) is 60.7 Å². The van der Waals surface area contributed by atoms with Crippen LogP contribution in [0.25, 0.3) is 5.76 Å².